The second-order valence-corrected chi connectivity index (χ2v) is 5.57. The first-order valence-corrected chi connectivity index (χ1v) is 6.98. The maximum absolute atomic E-state index is 11.9. The minimum Gasteiger partial charge on any atom is -0.338 e. The fourth-order valence-corrected chi connectivity index (χ4v) is 3.19. The lowest BCUT2D eigenvalue weighted by atomic mass is 10.2. The lowest BCUT2D eigenvalue weighted by Crippen LogP contribution is -2.38. The molecule has 2 amide bonds. The van der Waals surface area contributed by atoms with Gasteiger partial charge < -0.3 is 5.32 Å². The molecule has 2 heterocycles. The molecule has 0 spiro atoms. The number of amides is 2. The Bertz CT molecular complexity index is 593. The molecule has 0 saturated carbocycles. The van der Waals surface area contributed by atoms with Crippen LogP contribution in [0.4, 0.5) is 9.93 Å². The highest BCUT2D eigenvalue weighted by Crippen LogP contribution is 2.30. The summed E-state index contributed by atoms with van der Waals surface area (Å²) < 4.78 is 1.14. The van der Waals surface area contributed by atoms with Crippen molar-refractivity contribution >= 4 is 32.7 Å². The zero-order chi connectivity index (χ0) is 12.5. The van der Waals surface area contributed by atoms with Crippen LogP contribution in [-0.2, 0) is 0 Å². The molecule has 5 heteroatoms. The molecule has 0 bridgehead atoms. The van der Waals surface area contributed by atoms with Gasteiger partial charge in [0.1, 0.15) is 0 Å². The molecular weight excluding hydrogens is 246 g/mol. The number of anilines is 1. The minimum absolute atomic E-state index is 0.0247. The Morgan fingerprint density at radius 1 is 1.39 bits per heavy atom. The molecule has 4 nitrogen and oxygen atoms in total. The molecule has 0 aliphatic carbocycles. The summed E-state index contributed by atoms with van der Waals surface area (Å²) in [6, 6.07) is 6.16. The van der Waals surface area contributed by atoms with Gasteiger partial charge in [-0.3, -0.25) is 4.90 Å². The first kappa shape index (κ1) is 11.5. The quantitative estimate of drug-likeness (QED) is 0.858. The Hall–Kier alpha value is -1.62. The zero-order valence-electron chi connectivity index (χ0n) is 10.3. The number of carbonyl (C=O) groups excluding carboxylic acids is 1. The van der Waals surface area contributed by atoms with Crippen molar-refractivity contribution in [3.63, 3.8) is 0 Å². The van der Waals surface area contributed by atoms with E-state index in [1.807, 2.05) is 12.1 Å². The van der Waals surface area contributed by atoms with Crippen LogP contribution in [-0.4, -0.2) is 24.1 Å². The van der Waals surface area contributed by atoms with E-state index in [-0.39, 0.29) is 6.03 Å². The van der Waals surface area contributed by atoms with E-state index in [1.54, 1.807) is 16.2 Å². The monoisotopic (exact) mass is 261 g/mol. The summed E-state index contributed by atoms with van der Waals surface area (Å²) in [5, 5.41) is 3.70. The van der Waals surface area contributed by atoms with Gasteiger partial charge in [-0.05, 0) is 37.5 Å². The fraction of sp³-hybridized carbons (Fsp3) is 0.385. The van der Waals surface area contributed by atoms with Gasteiger partial charge >= 0.3 is 6.03 Å². The van der Waals surface area contributed by atoms with Gasteiger partial charge in [0.05, 0.1) is 10.2 Å². The van der Waals surface area contributed by atoms with Crippen molar-refractivity contribution in [2.75, 3.05) is 18.0 Å². The third-order valence-corrected chi connectivity index (χ3v) is 4.13. The van der Waals surface area contributed by atoms with Gasteiger partial charge in [0.2, 0.25) is 0 Å². The molecule has 2 aromatic rings. The minimum atomic E-state index is -0.0247. The Morgan fingerprint density at radius 3 is 3.17 bits per heavy atom. The highest BCUT2D eigenvalue weighted by atomic mass is 32.1. The Labute approximate surface area is 110 Å². The zero-order valence-corrected chi connectivity index (χ0v) is 11.1. The lowest BCUT2D eigenvalue weighted by Gasteiger charge is -2.16. The van der Waals surface area contributed by atoms with Crippen LogP contribution >= 0.6 is 11.3 Å². The van der Waals surface area contributed by atoms with E-state index in [4.69, 9.17) is 0 Å². The Kier molecular flexibility index (Phi) is 2.91. The van der Waals surface area contributed by atoms with E-state index < -0.39 is 0 Å². The molecule has 1 aliphatic rings. The van der Waals surface area contributed by atoms with Crippen molar-refractivity contribution in [3.8, 4) is 0 Å². The molecule has 94 valence electrons. The average Bonchev–Trinajstić information content (AvgIpc) is 2.63. The molecule has 1 N–H and O–H groups in total. The largest absolute Gasteiger partial charge is 0.338 e. The normalized spacial score (nSPS) is 16.7. The fourth-order valence-electron chi connectivity index (χ4n) is 2.10. The van der Waals surface area contributed by atoms with E-state index in [2.05, 4.69) is 23.3 Å². The highest BCUT2D eigenvalue weighted by molar-refractivity contribution is 7.22. The molecule has 1 aromatic heterocycles. The smallest absolute Gasteiger partial charge is 0.323 e. The third-order valence-electron chi connectivity index (χ3n) is 3.09. The maximum Gasteiger partial charge on any atom is 0.323 e. The van der Waals surface area contributed by atoms with Crippen LogP contribution in [0.1, 0.15) is 18.4 Å². The predicted molar refractivity (Wildman–Crippen MR) is 74.3 cm³/mol. The van der Waals surface area contributed by atoms with E-state index in [9.17, 15) is 4.79 Å². The van der Waals surface area contributed by atoms with E-state index >= 15 is 0 Å². The van der Waals surface area contributed by atoms with Crippen LogP contribution in [0.25, 0.3) is 10.2 Å². The van der Waals surface area contributed by atoms with E-state index in [0.717, 1.165) is 41.3 Å². The van der Waals surface area contributed by atoms with Crippen LogP contribution < -0.4 is 10.2 Å². The number of fused-ring (bicyclic) bond motifs is 1. The van der Waals surface area contributed by atoms with Gasteiger partial charge in [-0.2, -0.15) is 0 Å². The molecule has 0 atom stereocenters. The first-order chi connectivity index (χ1) is 8.74. The van der Waals surface area contributed by atoms with Crippen molar-refractivity contribution in [2.45, 2.75) is 19.8 Å². The summed E-state index contributed by atoms with van der Waals surface area (Å²) in [4.78, 5) is 18.3. The molecule has 3 rings (SSSR count). The number of benzene rings is 1. The third kappa shape index (κ3) is 2.06. The van der Waals surface area contributed by atoms with Gasteiger partial charge in [-0.25, -0.2) is 9.78 Å². The number of nitrogens with zero attached hydrogens (tertiary/aromatic N) is 2. The van der Waals surface area contributed by atoms with Gasteiger partial charge in [-0.15, -0.1) is 0 Å². The molecular formula is C13H15N3OS. The second kappa shape index (κ2) is 4.57. The molecule has 1 aliphatic heterocycles. The Balaban J connectivity index is 1.99. The molecule has 1 aromatic carbocycles. The molecule has 1 saturated heterocycles. The SMILES string of the molecule is Cc1ccc2nc(N3CCCCNC3=O)sc2c1. The van der Waals surface area contributed by atoms with Crippen molar-refractivity contribution < 1.29 is 4.79 Å². The standard InChI is InChI=1S/C13H15N3OS/c1-9-4-5-10-11(8-9)18-13(15-10)16-7-3-2-6-14-12(16)17/h4-5,8H,2-3,6-7H2,1H3,(H,14,17). The van der Waals surface area contributed by atoms with Crippen LogP contribution in [0.5, 0.6) is 0 Å². The van der Waals surface area contributed by atoms with Crippen molar-refractivity contribution in [1.29, 1.82) is 0 Å². The van der Waals surface area contributed by atoms with Gasteiger partial charge in [0.15, 0.2) is 5.13 Å². The number of nitrogens with one attached hydrogen (secondary N) is 1. The molecule has 1 fully saturated rings. The lowest BCUT2D eigenvalue weighted by molar-refractivity contribution is 0.248. The van der Waals surface area contributed by atoms with E-state index in [0.29, 0.717) is 0 Å². The number of aromatic nitrogens is 1. The number of hydrogen-bond acceptors (Lipinski definition) is 3. The van der Waals surface area contributed by atoms with Gasteiger partial charge in [-0.1, -0.05) is 17.4 Å². The van der Waals surface area contributed by atoms with Crippen molar-refractivity contribution in [3.05, 3.63) is 23.8 Å². The first-order valence-electron chi connectivity index (χ1n) is 6.16. The van der Waals surface area contributed by atoms with Gasteiger partial charge in [0.25, 0.3) is 0 Å². The molecule has 18 heavy (non-hydrogen) atoms. The predicted octanol–water partition coefficient (Wildman–Crippen LogP) is 2.91. The van der Waals surface area contributed by atoms with Crippen LogP contribution in [0, 0.1) is 6.92 Å². The molecule has 0 radical (unpaired) electrons. The Morgan fingerprint density at radius 2 is 2.28 bits per heavy atom. The van der Waals surface area contributed by atoms with E-state index in [1.165, 1.54) is 5.56 Å². The summed E-state index contributed by atoms with van der Waals surface area (Å²) in [6.45, 7) is 3.58. The second-order valence-electron chi connectivity index (χ2n) is 4.56. The van der Waals surface area contributed by atoms with Gasteiger partial charge in [0, 0.05) is 13.1 Å². The molecule has 0 unspecified atom stereocenters. The van der Waals surface area contributed by atoms with Crippen molar-refractivity contribution in [1.82, 2.24) is 10.3 Å². The summed E-state index contributed by atoms with van der Waals surface area (Å²) in [6.07, 6.45) is 2.06. The number of carbonyl (C=O) groups is 1. The maximum atomic E-state index is 11.9. The summed E-state index contributed by atoms with van der Waals surface area (Å²) >= 11 is 1.58. The number of hydrogen-bond donors (Lipinski definition) is 1. The number of aryl methyl sites for hydroxylation is 1. The van der Waals surface area contributed by atoms with Crippen LogP contribution in [0.2, 0.25) is 0 Å². The topological polar surface area (TPSA) is 45.2 Å². The highest BCUT2D eigenvalue weighted by Gasteiger charge is 2.21. The summed E-state index contributed by atoms with van der Waals surface area (Å²) in [5.74, 6) is 0. The average molecular weight is 261 g/mol. The number of rotatable bonds is 1. The number of thiazole rings is 1. The number of urea groups is 1. The summed E-state index contributed by atoms with van der Waals surface area (Å²) in [5.41, 5.74) is 2.19. The summed E-state index contributed by atoms with van der Waals surface area (Å²) in [7, 11) is 0. The van der Waals surface area contributed by atoms with Crippen LogP contribution in [0.3, 0.4) is 0 Å². The van der Waals surface area contributed by atoms with Crippen molar-refractivity contribution in [2.24, 2.45) is 0 Å². The van der Waals surface area contributed by atoms with Crippen LogP contribution in [0.15, 0.2) is 18.2 Å².